The van der Waals surface area contributed by atoms with Crippen LogP contribution in [0.15, 0.2) is 46.9 Å². The molecule has 0 saturated heterocycles. The number of halogens is 1. The van der Waals surface area contributed by atoms with Crippen LogP contribution in [0.3, 0.4) is 0 Å². The number of nitro groups is 1. The van der Waals surface area contributed by atoms with E-state index in [0.29, 0.717) is 11.3 Å². The number of anilines is 1. The van der Waals surface area contributed by atoms with Crippen molar-refractivity contribution in [1.82, 2.24) is 0 Å². The van der Waals surface area contributed by atoms with Crippen LogP contribution in [0, 0.1) is 10.1 Å². The number of ether oxygens (including phenoxy) is 1. The Hall–Kier alpha value is -2.08. The van der Waals surface area contributed by atoms with Gasteiger partial charge in [-0.05, 0) is 29.8 Å². The molecule has 0 aliphatic rings. The zero-order valence-electron chi connectivity index (χ0n) is 9.88. The fraction of sp³-hybridized carbons (Fsp3) is 0.0769. The van der Waals surface area contributed by atoms with Crippen molar-refractivity contribution in [3.8, 4) is 5.75 Å². The summed E-state index contributed by atoms with van der Waals surface area (Å²) < 4.78 is 6.46. The normalized spacial score (nSPS) is 10.2. The van der Waals surface area contributed by atoms with Gasteiger partial charge in [0.15, 0.2) is 0 Å². The first-order valence-corrected chi connectivity index (χ1v) is 6.27. The number of hydrogen-bond donors (Lipinski definition) is 1. The van der Waals surface area contributed by atoms with Crippen LogP contribution in [-0.4, -0.2) is 4.92 Å². The van der Waals surface area contributed by atoms with E-state index in [1.807, 2.05) is 24.3 Å². The molecule has 0 saturated carbocycles. The average Bonchev–Trinajstić information content (AvgIpc) is 2.37. The number of nitrogens with zero attached hydrogens (tertiary/aromatic N) is 1. The maximum atomic E-state index is 10.8. The SMILES string of the molecule is Nc1ccc(COc2cccc(Br)c2)cc1[N+](=O)[O-]. The van der Waals surface area contributed by atoms with Crippen LogP contribution in [0.4, 0.5) is 11.4 Å². The molecule has 0 spiro atoms. The van der Waals surface area contributed by atoms with Gasteiger partial charge in [-0.3, -0.25) is 10.1 Å². The highest BCUT2D eigenvalue weighted by molar-refractivity contribution is 9.10. The van der Waals surface area contributed by atoms with E-state index in [0.717, 1.165) is 4.47 Å². The summed E-state index contributed by atoms with van der Waals surface area (Å²) in [7, 11) is 0. The summed E-state index contributed by atoms with van der Waals surface area (Å²) in [6, 6.07) is 12.0. The van der Waals surface area contributed by atoms with Crippen LogP contribution in [0.1, 0.15) is 5.56 Å². The molecule has 2 aromatic rings. The van der Waals surface area contributed by atoms with Gasteiger partial charge in [-0.1, -0.05) is 28.1 Å². The highest BCUT2D eigenvalue weighted by atomic mass is 79.9. The first-order chi connectivity index (χ1) is 9.06. The first kappa shape index (κ1) is 13.4. The monoisotopic (exact) mass is 322 g/mol. The Bertz CT molecular complexity index is 617. The largest absolute Gasteiger partial charge is 0.489 e. The molecule has 0 bridgehead atoms. The van der Waals surface area contributed by atoms with Crippen molar-refractivity contribution < 1.29 is 9.66 Å². The zero-order valence-corrected chi connectivity index (χ0v) is 11.5. The molecule has 19 heavy (non-hydrogen) atoms. The molecule has 0 radical (unpaired) electrons. The van der Waals surface area contributed by atoms with Crippen molar-refractivity contribution in [2.24, 2.45) is 0 Å². The third-order valence-corrected chi connectivity index (χ3v) is 2.99. The van der Waals surface area contributed by atoms with Crippen LogP contribution < -0.4 is 10.5 Å². The molecular formula is C13H11BrN2O3. The average molecular weight is 323 g/mol. The lowest BCUT2D eigenvalue weighted by atomic mass is 10.2. The summed E-state index contributed by atoms with van der Waals surface area (Å²) >= 11 is 3.34. The smallest absolute Gasteiger partial charge is 0.292 e. The molecule has 2 rings (SSSR count). The van der Waals surface area contributed by atoms with Crippen molar-refractivity contribution in [2.75, 3.05) is 5.73 Å². The molecule has 0 fully saturated rings. The number of nitro benzene ring substituents is 1. The Morgan fingerprint density at radius 3 is 2.74 bits per heavy atom. The van der Waals surface area contributed by atoms with E-state index in [2.05, 4.69) is 15.9 Å². The quantitative estimate of drug-likeness (QED) is 0.530. The fourth-order valence-electron chi connectivity index (χ4n) is 1.56. The third kappa shape index (κ3) is 3.45. The lowest BCUT2D eigenvalue weighted by Gasteiger charge is -2.07. The summed E-state index contributed by atoms with van der Waals surface area (Å²) in [4.78, 5) is 10.3. The second-order valence-electron chi connectivity index (χ2n) is 3.90. The van der Waals surface area contributed by atoms with Crippen molar-refractivity contribution >= 4 is 27.3 Å². The first-order valence-electron chi connectivity index (χ1n) is 5.47. The summed E-state index contributed by atoms with van der Waals surface area (Å²) in [5.41, 5.74) is 6.27. The van der Waals surface area contributed by atoms with Gasteiger partial charge in [-0.15, -0.1) is 0 Å². The third-order valence-electron chi connectivity index (χ3n) is 2.49. The molecule has 0 amide bonds. The Kier molecular flexibility index (Phi) is 4.01. The van der Waals surface area contributed by atoms with E-state index in [1.54, 1.807) is 6.07 Å². The fourth-order valence-corrected chi connectivity index (χ4v) is 1.94. The van der Waals surface area contributed by atoms with E-state index in [9.17, 15) is 10.1 Å². The number of nitrogen functional groups attached to an aromatic ring is 1. The van der Waals surface area contributed by atoms with Crippen LogP contribution in [0.5, 0.6) is 5.75 Å². The lowest BCUT2D eigenvalue weighted by molar-refractivity contribution is -0.384. The maximum Gasteiger partial charge on any atom is 0.292 e. The van der Waals surface area contributed by atoms with Crippen LogP contribution in [0.25, 0.3) is 0 Å². The van der Waals surface area contributed by atoms with Gasteiger partial charge in [0, 0.05) is 10.5 Å². The number of hydrogen-bond acceptors (Lipinski definition) is 4. The molecule has 0 heterocycles. The Balaban J connectivity index is 2.12. The van der Waals surface area contributed by atoms with Crippen LogP contribution in [-0.2, 0) is 6.61 Å². The molecule has 2 aromatic carbocycles. The molecule has 0 aliphatic heterocycles. The lowest BCUT2D eigenvalue weighted by Crippen LogP contribution is -2.00. The highest BCUT2D eigenvalue weighted by Crippen LogP contribution is 2.24. The minimum Gasteiger partial charge on any atom is -0.489 e. The van der Waals surface area contributed by atoms with Gasteiger partial charge in [0.2, 0.25) is 0 Å². The minimum atomic E-state index is -0.502. The summed E-state index contributed by atoms with van der Waals surface area (Å²) in [6.45, 7) is 0.248. The summed E-state index contributed by atoms with van der Waals surface area (Å²) in [5.74, 6) is 0.689. The van der Waals surface area contributed by atoms with Gasteiger partial charge in [0.1, 0.15) is 18.0 Å². The van der Waals surface area contributed by atoms with Crippen molar-refractivity contribution in [2.45, 2.75) is 6.61 Å². The standard InChI is InChI=1S/C13H11BrN2O3/c14-10-2-1-3-11(7-10)19-8-9-4-5-12(15)13(6-9)16(17)18/h1-7H,8,15H2. The van der Waals surface area contributed by atoms with E-state index in [4.69, 9.17) is 10.5 Å². The molecule has 6 heteroatoms. The number of rotatable bonds is 4. The molecule has 98 valence electrons. The molecule has 0 atom stereocenters. The van der Waals surface area contributed by atoms with Crippen molar-refractivity contribution in [3.05, 3.63) is 62.6 Å². The van der Waals surface area contributed by atoms with Crippen LogP contribution >= 0.6 is 15.9 Å². The van der Waals surface area contributed by atoms with Gasteiger partial charge >= 0.3 is 0 Å². The molecule has 2 N–H and O–H groups in total. The zero-order chi connectivity index (χ0) is 13.8. The predicted molar refractivity (Wildman–Crippen MR) is 76.0 cm³/mol. The second kappa shape index (κ2) is 5.71. The molecular weight excluding hydrogens is 312 g/mol. The van der Waals surface area contributed by atoms with E-state index >= 15 is 0 Å². The van der Waals surface area contributed by atoms with E-state index < -0.39 is 4.92 Å². The van der Waals surface area contributed by atoms with Crippen molar-refractivity contribution in [1.29, 1.82) is 0 Å². The topological polar surface area (TPSA) is 78.4 Å². The van der Waals surface area contributed by atoms with E-state index in [1.165, 1.54) is 12.1 Å². The van der Waals surface area contributed by atoms with Gasteiger partial charge in [-0.2, -0.15) is 0 Å². The minimum absolute atomic E-state index is 0.102. The Morgan fingerprint density at radius 2 is 2.05 bits per heavy atom. The molecule has 5 nitrogen and oxygen atoms in total. The van der Waals surface area contributed by atoms with Crippen molar-refractivity contribution in [3.63, 3.8) is 0 Å². The summed E-state index contributed by atoms with van der Waals surface area (Å²) in [6.07, 6.45) is 0. The Labute approximate surface area is 118 Å². The van der Waals surface area contributed by atoms with E-state index in [-0.39, 0.29) is 18.0 Å². The molecule has 0 aliphatic carbocycles. The van der Waals surface area contributed by atoms with Gasteiger partial charge < -0.3 is 10.5 Å². The van der Waals surface area contributed by atoms with Gasteiger partial charge in [-0.25, -0.2) is 0 Å². The van der Waals surface area contributed by atoms with Crippen LogP contribution in [0.2, 0.25) is 0 Å². The highest BCUT2D eigenvalue weighted by Gasteiger charge is 2.11. The van der Waals surface area contributed by atoms with Gasteiger partial charge in [0.05, 0.1) is 4.92 Å². The predicted octanol–water partition coefficient (Wildman–Crippen LogP) is 3.52. The molecule has 0 aromatic heterocycles. The molecule has 0 unspecified atom stereocenters. The second-order valence-corrected chi connectivity index (χ2v) is 4.81. The number of benzene rings is 2. The summed E-state index contributed by atoms with van der Waals surface area (Å²) in [5, 5.41) is 10.8. The Morgan fingerprint density at radius 1 is 1.26 bits per heavy atom. The number of nitrogens with two attached hydrogens (primary N) is 1. The van der Waals surface area contributed by atoms with Gasteiger partial charge in [0.25, 0.3) is 5.69 Å². The maximum absolute atomic E-state index is 10.8.